The van der Waals surface area contributed by atoms with E-state index in [-0.39, 0.29) is 5.91 Å². The zero-order chi connectivity index (χ0) is 19.2. The van der Waals surface area contributed by atoms with E-state index in [0.717, 1.165) is 35.9 Å². The number of hydrogen-bond acceptors (Lipinski definition) is 4. The minimum atomic E-state index is 0.0352. The Morgan fingerprint density at radius 2 is 2.18 bits per heavy atom. The Bertz CT molecular complexity index is 898. The molecule has 1 amide bonds. The first-order chi connectivity index (χ1) is 13.8. The van der Waals surface area contributed by atoms with Gasteiger partial charge >= 0.3 is 0 Å². The number of amides is 1. The van der Waals surface area contributed by atoms with Gasteiger partial charge in [0.15, 0.2) is 0 Å². The number of carbonyl (C=O) groups is 1. The van der Waals surface area contributed by atoms with Crippen LogP contribution in [0.4, 0.5) is 5.69 Å². The average Bonchev–Trinajstić information content (AvgIpc) is 3.39. The topological polar surface area (TPSA) is 61.0 Å². The molecule has 4 rings (SSSR count). The van der Waals surface area contributed by atoms with Crippen LogP contribution in [0.3, 0.4) is 0 Å². The molecule has 1 aromatic carbocycles. The minimum Gasteiger partial charge on any atom is -0.364 e. The van der Waals surface area contributed by atoms with Crippen molar-refractivity contribution in [1.29, 1.82) is 0 Å². The second-order valence-corrected chi connectivity index (χ2v) is 7.95. The number of rotatable bonds is 7. The molecule has 6 heteroatoms. The Morgan fingerprint density at radius 3 is 3.00 bits per heavy atom. The van der Waals surface area contributed by atoms with E-state index in [1.807, 2.05) is 48.7 Å². The van der Waals surface area contributed by atoms with Gasteiger partial charge in [-0.15, -0.1) is 11.8 Å². The lowest BCUT2D eigenvalue weighted by atomic mass is 10.1. The maximum absolute atomic E-state index is 12.6. The van der Waals surface area contributed by atoms with E-state index in [1.165, 1.54) is 11.3 Å². The van der Waals surface area contributed by atoms with Crippen molar-refractivity contribution in [2.24, 2.45) is 0 Å². The third kappa shape index (κ3) is 4.82. The van der Waals surface area contributed by atoms with Gasteiger partial charge in [-0.1, -0.05) is 18.2 Å². The number of anilines is 1. The van der Waals surface area contributed by atoms with Crippen molar-refractivity contribution in [3.8, 4) is 0 Å². The van der Waals surface area contributed by atoms with Crippen LogP contribution in [0.1, 0.15) is 30.1 Å². The van der Waals surface area contributed by atoms with Crippen LogP contribution in [0, 0.1) is 0 Å². The van der Waals surface area contributed by atoms with E-state index in [4.69, 9.17) is 0 Å². The van der Waals surface area contributed by atoms with Gasteiger partial charge in [-0.2, -0.15) is 0 Å². The first-order valence-corrected chi connectivity index (χ1v) is 10.6. The summed E-state index contributed by atoms with van der Waals surface area (Å²) in [6, 6.07) is 18.4. The third-order valence-electron chi connectivity index (χ3n) is 4.93. The molecule has 144 valence electrons. The number of hydrogen-bond donors (Lipinski definition) is 2. The molecule has 5 nitrogen and oxygen atoms in total. The summed E-state index contributed by atoms with van der Waals surface area (Å²) >= 11 is 1.69. The van der Waals surface area contributed by atoms with Crippen LogP contribution in [-0.2, 0) is 10.5 Å². The molecule has 0 aliphatic carbocycles. The molecule has 0 spiro atoms. The van der Waals surface area contributed by atoms with E-state index in [0.29, 0.717) is 12.6 Å². The highest BCUT2D eigenvalue weighted by molar-refractivity contribution is 7.98. The van der Waals surface area contributed by atoms with E-state index in [1.54, 1.807) is 18.0 Å². The minimum absolute atomic E-state index is 0.0352. The van der Waals surface area contributed by atoms with Crippen molar-refractivity contribution in [3.05, 3.63) is 78.2 Å². The smallest absolute Gasteiger partial charge is 0.238 e. The fourth-order valence-electron chi connectivity index (χ4n) is 3.63. The Labute approximate surface area is 169 Å². The average molecular weight is 393 g/mol. The van der Waals surface area contributed by atoms with Crippen LogP contribution < -0.4 is 5.32 Å². The van der Waals surface area contributed by atoms with Gasteiger partial charge in [0.25, 0.3) is 0 Å². The molecule has 0 saturated carbocycles. The molecule has 1 atom stereocenters. The maximum atomic E-state index is 12.6. The van der Waals surface area contributed by atoms with Crippen molar-refractivity contribution in [1.82, 2.24) is 14.9 Å². The summed E-state index contributed by atoms with van der Waals surface area (Å²) in [7, 11) is 0. The summed E-state index contributed by atoms with van der Waals surface area (Å²) in [5.41, 5.74) is 3.21. The largest absolute Gasteiger partial charge is 0.364 e. The van der Waals surface area contributed by atoms with E-state index >= 15 is 0 Å². The quantitative estimate of drug-likeness (QED) is 0.582. The molecule has 2 N–H and O–H groups in total. The molecule has 3 heterocycles. The Kier molecular flexibility index (Phi) is 6.09. The summed E-state index contributed by atoms with van der Waals surface area (Å²) in [6.07, 6.45) is 5.96. The lowest BCUT2D eigenvalue weighted by molar-refractivity contribution is -0.117. The summed E-state index contributed by atoms with van der Waals surface area (Å²) in [4.78, 5) is 22.5. The third-order valence-corrected chi connectivity index (χ3v) is 5.94. The molecule has 1 unspecified atom stereocenters. The number of H-pyrrole nitrogens is 1. The molecular weight excluding hydrogens is 368 g/mol. The monoisotopic (exact) mass is 392 g/mol. The molecule has 1 aliphatic rings. The lowest BCUT2D eigenvalue weighted by Crippen LogP contribution is -2.33. The van der Waals surface area contributed by atoms with Crippen LogP contribution in [-0.4, -0.2) is 33.9 Å². The van der Waals surface area contributed by atoms with Crippen molar-refractivity contribution in [3.63, 3.8) is 0 Å². The number of nitrogens with one attached hydrogen (secondary N) is 2. The van der Waals surface area contributed by atoms with Crippen molar-refractivity contribution in [2.45, 2.75) is 29.7 Å². The van der Waals surface area contributed by atoms with Crippen LogP contribution in [0.5, 0.6) is 0 Å². The second-order valence-electron chi connectivity index (χ2n) is 6.96. The van der Waals surface area contributed by atoms with Gasteiger partial charge in [0.1, 0.15) is 0 Å². The van der Waals surface area contributed by atoms with Crippen LogP contribution in [0.2, 0.25) is 0 Å². The van der Waals surface area contributed by atoms with Gasteiger partial charge in [0.05, 0.1) is 17.6 Å². The fourth-order valence-corrected chi connectivity index (χ4v) is 4.44. The number of carbonyl (C=O) groups excluding carboxylic acids is 1. The van der Waals surface area contributed by atoms with Gasteiger partial charge in [-0.05, 0) is 61.3 Å². The van der Waals surface area contributed by atoms with E-state index in [9.17, 15) is 4.79 Å². The highest BCUT2D eigenvalue weighted by Crippen LogP contribution is 2.30. The van der Waals surface area contributed by atoms with Gasteiger partial charge in [0, 0.05) is 29.5 Å². The SMILES string of the molecule is O=C(CN1CCCC1c1ccc[nH]1)Nc1cccc(CSc2ccccn2)c1. The van der Waals surface area contributed by atoms with Gasteiger partial charge < -0.3 is 10.3 Å². The van der Waals surface area contributed by atoms with Crippen molar-refractivity contribution >= 4 is 23.4 Å². The van der Waals surface area contributed by atoms with E-state index in [2.05, 4.69) is 32.3 Å². The predicted octanol–water partition coefficient (Wildman–Crippen LogP) is 4.48. The second kappa shape index (κ2) is 9.08. The van der Waals surface area contributed by atoms with E-state index < -0.39 is 0 Å². The highest BCUT2D eigenvalue weighted by Gasteiger charge is 2.28. The first kappa shape index (κ1) is 18.8. The number of aromatic amines is 1. The molecule has 0 radical (unpaired) electrons. The van der Waals surface area contributed by atoms with Crippen LogP contribution in [0.15, 0.2) is 72.0 Å². The number of likely N-dealkylation sites (tertiary alicyclic amines) is 1. The molecule has 28 heavy (non-hydrogen) atoms. The number of benzene rings is 1. The normalized spacial score (nSPS) is 16.9. The molecule has 1 aliphatic heterocycles. The standard InChI is InChI=1S/C22H24N4OS/c27-21(15-26-13-5-9-20(26)19-8-4-12-23-19)25-18-7-3-6-17(14-18)16-28-22-10-1-2-11-24-22/h1-4,6-8,10-12,14,20,23H,5,9,13,15-16H2,(H,25,27). The zero-order valence-electron chi connectivity index (χ0n) is 15.7. The number of pyridine rings is 1. The predicted molar refractivity (Wildman–Crippen MR) is 113 cm³/mol. The molecule has 1 saturated heterocycles. The fraction of sp³-hybridized carbons (Fsp3) is 0.273. The zero-order valence-corrected chi connectivity index (χ0v) is 16.5. The Morgan fingerprint density at radius 1 is 1.21 bits per heavy atom. The number of thioether (sulfide) groups is 1. The van der Waals surface area contributed by atoms with Crippen LogP contribution >= 0.6 is 11.8 Å². The summed E-state index contributed by atoms with van der Waals surface area (Å²) < 4.78 is 0. The lowest BCUT2D eigenvalue weighted by Gasteiger charge is -2.23. The van der Waals surface area contributed by atoms with Gasteiger partial charge in [-0.25, -0.2) is 4.98 Å². The molecule has 1 fully saturated rings. The molecule has 0 bridgehead atoms. The molecule has 3 aromatic rings. The maximum Gasteiger partial charge on any atom is 0.238 e. The summed E-state index contributed by atoms with van der Waals surface area (Å²) in [6.45, 7) is 1.37. The van der Waals surface area contributed by atoms with Crippen molar-refractivity contribution < 1.29 is 4.79 Å². The molecule has 2 aromatic heterocycles. The summed E-state index contributed by atoms with van der Waals surface area (Å²) in [5, 5.41) is 4.06. The van der Waals surface area contributed by atoms with Gasteiger partial charge in [0.2, 0.25) is 5.91 Å². The Balaban J connectivity index is 1.33. The van der Waals surface area contributed by atoms with Gasteiger partial charge in [-0.3, -0.25) is 9.69 Å². The summed E-state index contributed by atoms with van der Waals surface area (Å²) in [5.74, 6) is 0.856. The van der Waals surface area contributed by atoms with Crippen LogP contribution in [0.25, 0.3) is 0 Å². The Hall–Kier alpha value is -2.57. The number of nitrogens with zero attached hydrogens (tertiary/aromatic N) is 2. The van der Waals surface area contributed by atoms with Crippen molar-refractivity contribution in [2.75, 3.05) is 18.4 Å². The first-order valence-electron chi connectivity index (χ1n) is 9.58. The number of aromatic nitrogens is 2. The molecular formula is C22H24N4OS. The highest BCUT2D eigenvalue weighted by atomic mass is 32.2.